The van der Waals surface area contributed by atoms with Crippen molar-refractivity contribution in [1.82, 2.24) is 10.2 Å². The monoisotopic (exact) mass is 337 g/mol. The molecule has 2 aromatic rings. The van der Waals surface area contributed by atoms with E-state index in [4.69, 9.17) is 4.74 Å². The molecule has 24 heavy (non-hydrogen) atoms. The van der Waals surface area contributed by atoms with Gasteiger partial charge in [0, 0.05) is 6.54 Å². The second-order valence-corrected chi connectivity index (χ2v) is 5.63. The Labute approximate surface area is 138 Å². The first-order chi connectivity index (χ1) is 11.5. The summed E-state index contributed by atoms with van der Waals surface area (Å²) in [6.07, 6.45) is -2.58. The molecule has 0 spiro atoms. The van der Waals surface area contributed by atoms with Gasteiger partial charge >= 0.3 is 6.18 Å². The van der Waals surface area contributed by atoms with E-state index in [1.807, 2.05) is 36.1 Å². The Morgan fingerprint density at radius 3 is 2.46 bits per heavy atom. The summed E-state index contributed by atoms with van der Waals surface area (Å²) in [5.41, 5.74) is 0.126. The fourth-order valence-corrected chi connectivity index (χ4v) is 2.97. The second kappa shape index (κ2) is 6.67. The molecule has 1 aromatic carbocycles. The third-order valence-corrected chi connectivity index (χ3v) is 4.06. The normalized spacial score (nSPS) is 18.0. The van der Waals surface area contributed by atoms with Crippen LogP contribution in [-0.2, 0) is 6.18 Å². The number of aromatic nitrogens is 2. The molecule has 1 unspecified atom stereocenters. The molecule has 0 radical (unpaired) electrons. The van der Waals surface area contributed by atoms with Crippen molar-refractivity contribution >= 4 is 5.82 Å². The van der Waals surface area contributed by atoms with Crippen molar-refractivity contribution in [3.8, 4) is 5.75 Å². The maximum absolute atomic E-state index is 12.6. The number of hydrogen-bond donors (Lipinski definition) is 0. The number of hydrogen-bond acceptors (Lipinski definition) is 4. The Bertz CT molecular complexity index is 671. The SMILES string of the molecule is CCOc1ccc(C2CCCN2c2ccc(C(F)(F)F)nn2)cc1. The molecule has 0 N–H and O–H groups in total. The Kier molecular flexibility index (Phi) is 4.59. The summed E-state index contributed by atoms with van der Waals surface area (Å²) < 4.78 is 43.3. The van der Waals surface area contributed by atoms with E-state index in [1.54, 1.807) is 0 Å². The minimum absolute atomic E-state index is 0.0895. The van der Waals surface area contributed by atoms with E-state index < -0.39 is 11.9 Å². The fraction of sp³-hybridized carbons (Fsp3) is 0.412. The summed E-state index contributed by atoms with van der Waals surface area (Å²) >= 11 is 0. The van der Waals surface area contributed by atoms with Crippen molar-refractivity contribution in [2.45, 2.75) is 32.0 Å². The predicted molar refractivity (Wildman–Crippen MR) is 84.0 cm³/mol. The maximum atomic E-state index is 12.6. The van der Waals surface area contributed by atoms with Crippen LogP contribution in [-0.4, -0.2) is 23.3 Å². The Balaban J connectivity index is 1.80. The van der Waals surface area contributed by atoms with Crippen LogP contribution in [0.2, 0.25) is 0 Å². The molecule has 1 aliphatic heterocycles. The van der Waals surface area contributed by atoms with Crippen molar-refractivity contribution < 1.29 is 17.9 Å². The maximum Gasteiger partial charge on any atom is 0.435 e. The Morgan fingerprint density at radius 1 is 1.12 bits per heavy atom. The highest BCUT2D eigenvalue weighted by Crippen LogP contribution is 2.36. The van der Waals surface area contributed by atoms with Crippen LogP contribution in [0.15, 0.2) is 36.4 Å². The summed E-state index contributed by atoms with van der Waals surface area (Å²) in [6.45, 7) is 3.28. The fourth-order valence-electron chi connectivity index (χ4n) is 2.97. The lowest BCUT2D eigenvalue weighted by Gasteiger charge is -2.26. The standard InChI is InChI=1S/C17H18F3N3O/c1-2-24-13-7-5-12(6-8-13)14-4-3-11-23(14)16-10-9-15(21-22-16)17(18,19)20/h5-10,14H,2-4,11H2,1H3. The molecule has 1 aromatic heterocycles. The van der Waals surface area contributed by atoms with Crippen molar-refractivity contribution in [3.05, 3.63) is 47.7 Å². The van der Waals surface area contributed by atoms with E-state index in [1.165, 1.54) is 6.07 Å². The Hall–Kier alpha value is -2.31. The predicted octanol–water partition coefficient (Wildman–Crippen LogP) is 4.24. The topological polar surface area (TPSA) is 38.2 Å². The van der Waals surface area contributed by atoms with Crippen LogP contribution in [0.5, 0.6) is 5.75 Å². The molecule has 2 heterocycles. The van der Waals surface area contributed by atoms with E-state index in [-0.39, 0.29) is 6.04 Å². The highest BCUT2D eigenvalue weighted by atomic mass is 19.4. The molecule has 1 saturated heterocycles. The van der Waals surface area contributed by atoms with Crippen LogP contribution in [0.25, 0.3) is 0 Å². The van der Waals surface area contributed by atoms with Gasteiger partial charge in [-0.2, -0.15) is 13.2 Å². The summed E-state index contributed by atoms with van der Waals surface area (Å²) in [7, 11) is 0. The van der Waals surface area contributed by atoms with E-state index >= 15 is 0 Å². The van der Waals surface area contributed by atoms with Gasteiger partial charge in [0.1, 0.15) is 5.75 Å². The van der Waals surface area contributed by atoms with Crippen LogP contribution in [0.3, 0.4) is 0 Å². The van der Waals surface area contributed by atoms with E-state index in [0.717, 1.165) is 36.8 Å². The lowest BCUT2D eigenvalue weighted by molar-refractivity contribution is -0.141. The lowest BCUT2D eigenvalue weighted by Crippen LogP contribution is -2.24. The van der Waals surface area contributed by atoms with Crippen LogP contribution < -0.4 is 9.64 Å². The number of anilines is 1. The first kappa shape index (κ1) is 16.5. The van der Waals surface area contributed by atoms with Crippen LogP contribution in [0.4, 0.5) is 19.0 Å². The number of rotatable bonds is 4. The average molecular weight is 337 g/mol. The summed E-state index contributed by atoms with van der Waals surface area (Å²) in [5, 5.41) is 7.11. The first-order valence-corrected chi connectivity index (χ1v) is 7.89. The van der Waals surface area contributed by atoms with Gasteiger partial charge in [0.15, 0.2) is 11.5 Å². The molecule has 3 rings (SSSR count). The molecule has 1 fully saturated rings. The number of nitrogens with zero attached hydrogens (tertiary/aromatic N) is 3. The van der Waals surface area contributed by atoms with E-state index in [9.17, 15) is 13.2 Å². The molecular formula is C17H18F3N3O. The molecule has 4 nitrogen and oxygen atoms in total. The van der Waals surface area contributed by atoms with E-state index in [0.29, 0.717) is 12.4 Å². The van der Waals surface area contributed by atoms with Gasteiger partial charge in [0.25, 0.3) is 0 Å². The van der Waals surface area contributed by atoms with Gasteiger partial charge in [-0.05, 0) is 49.6 Å². The molecule has 1 aliphatic rings. The van der Waals surface area contributed by atoms with Crippen molar-refractivity contribution in [1.29, 1.82) is 0 Å². The molecule has 0 amide bonds. The molecule has 0 aliphatic carbocycles. The van der Waals surface area contributed by atoms with Gasteiger partial charge in [-0.1, -0.05) is 12.1 Å². The summed E-state index contributed by atoms with van der Waals surface area (Å²) in [6, 6.07) is 10.3. The van der Waals surface area contributed by atoms with Gasteiger partial charge in [-0.3, -0.25) is 0 Å². The highest BCUT2D eigenvalue weighted by Gasteiger charge is 2.34. The van der Waals surface area contributed by atoms with Gasteiger partial charge in [0.05, 0.1) is 12.6 Å². The average Bonchev–Trinajstić information content (AvgIpc) is 3.05. The number of alkyl halides is 3. The van der Waals surface area contributed by atoms with Crippen molar-refractivity contribution in [3.63, 3.8) is 0 Å². The third-order valence-electron chi connectivity index (χ3n) is 4.06. The minimum Gasteiger partial charge on any atom is -0.494 e. The number of benzene rings is 1. The van der Waals surface area contributed by atoms with Gasteiger partial charge < -0.3 is 9.64 Å². The van der Waals surface area contributed by atoms with E-state index in [2.05, 4.69) is 10.2 Å². The minimum atomic E-state index is -4.47. The smallest absolute Gasteiger partial charge is 0.435 e. The van der Waals surface area contributed by atoms with Gasteiger partial charge in [-0.15, -0.1) is 10.2 Å². The van der Waals surface area contributed by atoms with Crippen LogP contribution in [0, 0.1) is 0 Å². The number of ether oxygens (including phenoxy) is 1. The van der Waals surface area contributed by atoms with Crippen LogP contribution in [0.1, 0.15) is 37.1 Å². The highest BCUT2D eigenvalue weighted by molar-refractivity contribution is 5.44. The molecule has 128 valence electrons. The Morgan fingerprint density at radius 2 is 1.88 bits per heavy atom. The first-order valence-electron chi connectivity index (χ1n) is 7.89. The molecule has 1 atom stereocenters. The van der Waals surface area contributed by atoms with Gasteiger partial charge in [0.2, 0.25) is 0 Å². The zero-order chi connectivity index (χ0) is 17.2. The summed E-state index contributed by atoms with van der Waals surface area (Å²) in [5.74, 6) is 1.28. The molecule has 0 bridgehead atoms. The zero-order valence-electron chi connectivity index (χ0n) is 13.3. The third kappa shape index (κ3) is 3.44. The van der Waals surface area contributed by atoms with Crippen LogP contribution >= 0.6 is 0 Å². The second-order valence-electron chi connectivity index (χ2n) is 5.63. The summed E-state index contributed by atoms with van der Waals surface area (Å²) in [4.78, 5) is 2.00. The lowest BCUT2D eigenvalue weighted by atomic mass is 10.0. The molecule has 7 heteroatoms. The molecule has 0 saturated carbocycles. The molecular weight excluding hydrogens is 319 g/mol. The van der Waals surface area contributed by atoms with Crippen molar-refractivity contribution in [2.24, 2.45) is 0 Å². The zero-order valence-corrected chi connectivity index (χ0v) is 13.3. The van der Waals surface area contributed by atoms with Crippen molar-refractivity contribution in [2.75, 3.05) is 18.1 Å². The largest absolute Gasteiger partial charge is 0.494 e. The van der Waals surface area contributed by atoms with Gasteiger partial charge in [-0.25, -0.2) is 0 Å². The quantitative estimate of drug-likeness (QED) is 0.837. The number of halogens is 3.